The van der Waals surface area contributed by atoms with Crippen molar-refractivity contribution in [2.75, 3.05) is 13.2 Å². The fourth-order valence-corrected chi connectivity index (χ4v) is 2.96. The molecule has 2 N–H and O–H groups in total. The fraction of sp³-hybridized carbons (Fsp3) is 0.333. The standard InChI is InChI=1S/C21H24N2O4/c1-14(2)27-16-9-7-15(8-10-16)21(25)22-13-20(24)23-18-11-12-26-19-6-4-3-5-17(18)19/h3-10,14,18H,11-13H2,1-2H3,(H,22,25)(H,23,24). The van der Waals surface area contributed by atoms with Crippen LogP contribution in [-0.2, 0) is 4.79 Å². The van der Waals surface area contributed by atoms with Crippen LogP contribution in [0.5, 0.6) is 11.5 Å². The molecule has 2 aromatic carbocycles. The first-order valence-electron chi connectivity index (χ1n) is 9.09. The fourth-order valence-electron chi connectivity index (χ4n) is 2.96. The van der Waals surface area contributed by atoms with E-state index < -0.39 is 0 Å². The summed E-state index contributed by atoms with van der Waals surface area (Å²) in [7, 11) is 0. The van der Waals surface area contributed by atoms with E-state index in [-0.39, 0.29) is 30.5 Å². The third-order valence-corrected chi connectivity index (χ3v) is 4.19. The zero-order chi connectivity index (χ0) is 19.2. The Kier molecular flexibility index (Phi) is 5.96. The highest BCUT2D eigenvalue weighted by molar-refractivity contribution is 5.96. The van der Waals surface area contributed by atoms with Crippen molar-refractivity contribution in [2.24, 2.45) is 0 Å². The molecule has 0 aliphatic carbocycles. The Labute approximate surface area is 158 Å². The first-order valence-corrected chi connectivity index (χ1v) is 9.09. The van der Waals surface area contributed by atoms with Gasteiger partial charge in [-0.15, -0.1) is 0 Å². The number of carbonyl (C=O) groups is 2. The molecule has 6 heteroatoms. The minimum Gasteiger partial charge on any atom is -0.493 e. The first kappa shape index (κ1) is 18.8. The zero-order valence-electron chi connectivity index (χ0n) is 15.5. The minimum absolute atomic E-state index is 0.0729. The van der Waals surface area contributed by atoms with Crippen LogP contribution >= 0.6 is 0 Å². The van der Waals surface area contributed by atoms with E-state index in [1.54, 1.807) is 24.3 Å². The lowest BCUT2D eigenvalue weighted by atomic mass is 10.0. The van der Waals surface area contributed by atoms with Crippen LogP contribution < -0.4 is 20.1 Å². The van der Waals surface area contributed by atoms with Crippen LogP contribution in [-0.4, -0.2) is 31.1 Å². The van der Waals surface area contributed by atoms with Crippen LogP contribution in [0.1, 0.15) is 42.2 Å². The van der Waals surface area contributed by atoms with Gasteiger partial charge in [0.25, 0.3) is 5.91 Å². The summed E-state index contributed by atoms with van der Waals surface area (Å²) in [6, 6.07) is 14.4. The van der Waals surface area contributed by atoms with Gasteiger partial charge in [0.2, 0.25) is 5.91 Å². The minimum atomic E-state index is -0.298. The Hall–Kier alpha value is -3.02. The van der Waals surface area contributed by atoms with Crippen LogP contribution in [0.2, 0.25) is 0 Å². The van der Waals surface area contributed by atoms with E-state index in [1.807, 2.05) is 38.1 Å². The van der Waals surface area contributed by atoms with Crippen molar-refractivity contribution < 1.29 is 19.1 Å². The van der Waals surface area contributed by atoms with Crippen molar-refractivity contribution >= 4 is 11.8 Å². The molecule has 1 aliphatic rings. The van der Waals surface area contributed by atoms with Gasteiger partial charge in [-0.3, -0.25) is 9.59 Å². The Morgan fingerprint density at radius 3 is 2.63 bits per heavy atom. The first-order chi connectivity index (χ1) is 13.0. The van der Waals surface area contributed by atoms with E-state index in [9.17, 15) is 9.59 Å². The van der Waals surface area contributed by atoms with Gasteiger partial charge in [0.05, 0.1) is 25.3 Å². The maximum absolute atomic E-state index is 12.2. The van der Waals surface area contributed by atoms with E-state index >= 15 is 0 Å². The van der Waals surface area contributed by atoms with Crippen molar-refractivity contribution in [3.63, 3.8) is 0 Å². The smallest absolute Gasteiger partial charge is 0.251 e. The summed E-state index contributed by atoms with van der Waals surface area (Å²) in [6.45, 7) is 4.36. The molecule has 0 spiro atoms. The van der Waals surface area contributed by atoms with Gasteiger partial charge in [-0.1, -0.05) is 18.2 Å². The van der Waals surface area contributed by atoms with Gasteiger partial charge in [-0.2, -0.15) is 0 Å². The normalized spacial score (nSPS) is 15.4. The second kappa shape index (κ2) is 8.58. The van der Waals surface area contributed by atoms with E-state index in [2.05, 4.69) is 10.6 Å². The van der Waals surface area contributed by atoms with E-state index in [0.717, 1.165) is 11.3 Å². The largest absolute Gasteiger partial charge is 0.493 e. The highest BCUT2D eigenvalue weighted by atomic mass is 16.5. The number of hydrogen-bond acceptors (Lipinski definition) is 4. The van der Waals surface area contributed by atoms with Gasteiger partial charge in [0.1, 0.15) is 11.5 Å². The summed E-state index contributed by atoms with van der Waals surface area (Å²) < 4.78 is 11.1. The van der Waals surface area contributed by atoms with Gasteiger partial charge in [-0.05, 0) is 44.2 Å². The van der Waals surface area contributed by atoms with Gasteiger partial charge in [0.15, 0.2) is 0 Å². The van der Waals surface area contributed by atoms with Crippen molar-refractivity contribution in [1.82, 2.24) is 10.6 Å². The van der Waals surface area contributed by atoms with Crippen molar-refractivity contribution in [3.05, 3.63) is 59.7 Å². The topological polar surface area (TPSA) is 76.7 Å². The molecule has 1 unspecified atom stereocenters. The van der Waals surface area contributed by atoms with Crippen LogP contribution in [0, 0.1) is 0 Å². The Balaban J connectivity index is 1.51. The monoisotopic (exact) mass is 368 g/mol. The maximum Gasteiger partial charge on any atom is 0.251 e. The predicted octanol–water partition coefficient (Wildman–Crippen LogP) is 2.84. The molecule has 0 fully saturated rings. The van der Waals surface area contributed by atoms with Crippen LogP contribution in [0.4, 0.5) is 0 Å². The molecular formula is C21H24N2O4. The van der Waals surface area contributed by atoms with Gasteiger partial charge < -0.3 is 20.1 Å². The van der Waals surface area contributed by atoms with Crippen LogP contribution in [0.3, 0.4) is 0 Å². The Morgan fingerprint density at radius 1 is 1.15 bits per heavy atom. The van der Waals surface area contributed by atoms with Gasteiger partial charge in [0, 0.05) is 17.5 Å². The average Bonchev–Trinajstić information content (AvgIpc) is 2.66. The van der Waals surface area contributed by atoms with Crippen molar-refractivity contribution in [3.8, 4) is 11.5 Å². The number of carbonyl (C=O) groups excluding carboxylic acids is 2. The molecule has 27 heavy (non-hydrogen) atoms. The van der Waals surface area contributed by atoms with E-state index in [4.69, 9.17) is 9.47 Å². The summed E-state index contributed by atoms with van der Waals surface area (Å²) in [5, 5.41) is 5.61. The lowest BCUT2D eigenvalue weighted by Gasteiger charge is -2.26. The molecule has 0 saturated carbocycles. The number of benzene rings is 2. The highest BCUT2D eigenvalue weighted by Gasteiger charge is 2.22. The second-order valence-electron chi connectivity index (χ2n) is 6.67. The van der Waals surface area contributed by atoms with Crippen molar-refractivity contribution in [2.45, 2.75) is 32.4 Å². The van der Waals surface area contributed by atoms with Crippen LogP contribution in [0.25, 0.3) is 0 Å². The molecule has 3 rings (SSSR count). The number of rotatable bonds is 6. The average molecular weight is 368 g/mol. The quantitative estimate of drug-likeness (QED) is 0.822. The molecular weight excluding hydrogens is 344 g/mol. The summed E-state index contributed by atoms with van der Waals surface area (Å²) in [6.07, 6.45) is 0.775. The maximum atomic E-state index is 12.2. The Bertz CT molecular complexity index is 802. The third-order valence-electron chi connectivity index (χ3n) is 4.19. The van der Waals surface area contributed by atoms with E-state index in [0.29, 0.717) is 24.3 Å². The Morgan fingerprint density at radius 2 is 1.89 bits per heavy atom. The number of amides is 2. The SMILES string of the molecule is CC(C)Oc1ccc(C(=O)NCC(=O)NC2CCOc3ccccc32)cc1. The summed E-state index contributed by atoms with van der Waals surface area (Å²) in [4.78, 5) is 24.5. The number of para-hydroxylation sites is 1. The molecule has 0 bridgehead atoms. The summed E-state index contributed by atoms with van der Waals surface area (Å²) in [5.74, 6) is 0.970. The van der Waals surface area contributed by atoms with Crippen molar-refractivity contribution in [1.29, 1.82) is 0 Å². The van der Waals surface area contributed by atoms with E-state index in [1.165, 1.54) is 0 Å². The lowest BCUT2D eigenvalue weighted by molar-refractivity contribution is -0.121. The van der Waals surface area contributed by atoms with Gasteiger partial charge in [-0.25, -0.2) is 0 Å². The summed E-state index contributed by atoms with van der Waals surface area (Å²) in [5.41, 5.74) is 1.44. The summed E-state index contributed by atoms with van der Waals surface area (Å²) >= 11 is 0. The number of nitrogens with one attached hydrogen (secondary N) is 2. The number of fused-ring (bicyclic) bond motifs is 1. The number of hydrogen-bond donors (Lipinski definition) is 2. The lowest BCUT2D eigenvalue weighted by Crippen LogP contribution is -2.39. The highest BCUT2D eigenvalue weighted by Crippen LogP contribution is 2.31. The third kappa shape index (κ3) is 5.00. The molecule has 1 heterocycles. The van der Waals surface area contributed by atoms with Gasteiger partial charge >= 0.3 is 0 Å². The molecule has 1 atom stereocenters. The second-order valence-corrected chi connectivity index (χ2v) is 6.67. The molecule has 2 amide bonds. The molecule has 2 aromatic rings. The molecule has 0 radical (unpaired) electrons. The number of ether oxygens (including phenoxy) is 2. The zero-order valence-corrected chi connectivity index (χ0v) is 15.5. The molecule has 142 valence electrons. The molecule has 6 nitrogen and oxygen atoms in total. The van der Waals surface area contributed by atoms with Crippen LogP contribution in [0.15, 0.2) is 48.5 Å². The predicted molar refractivity (Wildman–Crippen MR) is 102 cm³/mol. The molecule has 1 aliphatic heterocycles. The molecule has 0 aromatic heterocycles. The molecule has 0 saturated heterocycles.